The number of benzene rings is 1. The molecule has 0 aliphatic heterocycles. The molecule has 0 bridgehead atoms. The summed E-state index contributed by atoms with van der Waals surface area (Å²) in [4.78, 5) is 0. The van der Waals surface area contributed by atoms with E-state index >= 15 is 0 Å². The Labute approximate surface area is 126 Å². The van der Waals surface area contributed by atoms with Crippen molar-refractivity contribution in [3.05, 3.63) is 51.8 Å². The molecule has 2 aromatic rings. The number of halogens is 1. The van der Waals surface area contributed by atoms with Gasteiger partial charge in [0.05, 0.1) is 29.5 Å². The largest absolute Gasteiger partial charge is 0.386 e. The summed E-state index contributed by atoms with van der Waals surface area (Å²) in [5.74, 6) is 0.153. The van der Waals surface area contributed by atoms with Crippen molar-refractivity contribution in [1.29, 1.82) is 0 Å². The quantitative estimate of drug-likeness (QED) is 0.913. The van der Waals surface area contributed by atoms with E-state index in [1.807, 2.05) is 16.8 Å². The van der Waals surface area contributed by atoms with Gasteiger partial charge in [-0.2, -0.15) is 5.10 Å². The average Bonchev–Trinajstić information content (AvgIpc) is 2.79. The molecule has 1 aliphatic rings. The van der Waals surface area contributed by atoms with Crippen LogP contribution in [0.15, 0.2) is 34.9 Å². The number of nitrogens with zero attached hydrogens (tertiary/aromatic N) is 2. The second-order valence-electron chi connectivity index (χ2n) is 5.05. The number of ether oxygens (including phenoxy) is 1. The molecular formula is C15H17BrN2O2. The molecule has 1 aromatic heterocycles. The second-order valence-corrected chi connectivity index (χ2v) is 5.90. The van der Waals surface area contributed by atoms with Gasteiger partial charge in [0.25, 0.3) is 0 Å². The van der Waals surface area contributed by atoms with Gasteiger partial charge in [0.15, 0.2) is 0 Å². The van der Waals surface area contributed by atoms with Crippen LogP contribution in [0.2, 0.25) is 0 Å². The SMILES string of the molecule is COCCn1ncc(Br)c1C(O)C1Cc2ccccc21. The average molecular weight is 337 g/mol. The Kier molecular flexibility index (Phi) is 3.92. The van der Waals surface area contributed by atoms with E-state index in [1.165, 1.54) is 11.1 Å². The monoisotopic (exact) mass is 336 g/mol. The fourth-order valence-electron chi connectivity index (χ4n) is 2.79. The maximum atomic E-state index is 10.7. The van der Waals surface area contributed by atoms with E-state index in [4.69, 9.17) is 4.74 Å². The maximum Gasteiger partial charge on any atom is 0.104 e. The van der Waals surface area contributed by atoms with E-state index in [-0.39, 0.29) is 5.92 Å². The van der Waals surface area contributed by atoms with Crippen molar-refractivity contribution < 1.29 is 9.84 Å². The zero-order valence-electron chi connectivity index (χ0n) is 11.3. The van der Waals surface area contributed by atoms with Crippen LogP contribution in [0.4, 0.5) is 0 Å². The van der Waals surface area contributed by atoms with Gasteiger partial charge in [0.2, 0.25) is 0 Å². The lowest BCUT2D eigenvalue weighted by Gasteiger charge is -2.34. The topological polar surface area (TPSA) is 47.3 Å². The summed E-state index contributed by atoms with van der Waals surface area (Å²) in [5.41, 5.74) is 3.41. The molecule has 20 heavy (non-hydrogen) atoms. The lowest BCUT2D eigenvalue weighted by atomic mass is 9.74. The zero-order chi connectivity index (χ0) is 14.1. The highest BCUT2D eigenvalue weighted by Crippen LogP contribution is 2.44. The van der Waals surface area contributed by atoms with Gasteiger partial charge in [-0.1, -0.05) is 24.3 Å². The molecule has 0 fully saturated rings. The summed E-state index contributed by atoms with van der Waals surface area (Å²) in [5, 5.41) is 15.0. The van der Waals surface area contributed by atoms with Gasteiger partial charge in [-0.15, -0.1) is 0 Å². The normalized spacial score (nSPS) is 18.4. The minimum absolute atomic E-state index is 0.153. The van der Waals surface area contributed by atoms with Crippen LogP contribution >= 0.6 is 15.9 Å². The van der Waals surface area contributed by atoms with Crippen LogP contribution in [0, 0.1) is 0 Å². The number of aliphatic hydroxyl groups is 1. The summed E-state index contributed by atoms with van der Waals surface area (Å²) in [6.45, 7) is 1.22. The number of hydrogen-bond donors (Lipinski definition) is 1. The summed E-state index contributed by atoms with van der Waals surface area (Å²) in [6.07, 6.45) is 2.11. The fraction of sp³-hybridized carbons (Fsp3) is 0.400. The van der Waals surface area contributed by atoms with Gasteiger partial charge in [-0.3, -0.25) is 4.68 Å². The second kappa shape index (κ2) is 5.68. The van der Waals surface area contributed by atoms with E-state index < -0.39 is 6.10 Å². The molecule has 0 amide bonds. The summed E-state index contributed by atoms with van der Waals surface area (Å²) in [6, 6.07) is 8.28. The highest BCUT2D eigenvalue weighted by atomic mass is 79.9. The molecule has 0 saturated carbocycles. The number of rotatable bonds is 5. The summed E-state index contributed by atoms with van der Waals surface area (Å²) < 4.78 is 7.76. The van der Waals surface area contributed by atoms with Crippen molar-refractivity contribution in [2.24, 2.45) is 0 Å². The van der Waals surface area contributed by atoms with Gasteiger partial charge >= 0.3 is 0 Å². The molecule has 1 aliphatic carbocycles. The third-order valence-electron chi connectivity index (χ3n) is 3.90. The van der Waals surface area contributed by atoms with Crippen molar-refractivity contribution in [2.45, 2.75) is 25.0 Å². The minimum atomic E-state index is -0.543. The van der Waals surface area contributed by atoms with Crippen LogP contribution in [0.25, 0.3) is 0 Å². The molecule has 2 unspecified atom stereocenters. The maximum absolute atomic E-state index is 10.7. The summed E-state index contributed by atoms with van der Waals surface area (Å²) >= 11 is 3.49. The van der Waals surface area contributed by atoms with Crippen molar-refractivity contribution in [3.8, 4) is 0 Å². The van der Waals surface area contributed by atoms with E-state index in [1.54, 1.807) is 13.3 Å². The standard InChI is InChI=1S/C15H17BrN2O2/c1-20-7-6-18-14(13(16)9-17-18)15(19)12-8-10-4-2-3-5-11(10)12/h2-5,9,12,15,19H,6-8H2,1H3. The Morgan fingerprint density at radius 1 is 1.50 bits per heavy atom. The first-order chi connectivity index (χ1) is 9.72. The minimum Gasteiger partial charge on any atom is -0.386 e. The number of hydrogen-bond acceptors (Lipinski definition) is 3. The van der Waals surface area contributed by atoms with Crippen molar-refractivity contribution >= 4 is 15.9 Å². The van der Waals surface area contributed by atoms with Gasteiger partial charge < -0.3 is 9.84 Å². The van der Waals surface area contributed by atoms with Crippen LogP contribution in [-0.4, -0.2) is 28.6 Å². The zero-order valence-corrected chi connectivity index (χ0v) is 12.9. The van der Waals surface area contributed by atoms with Crippen LogP contribution in [-0.2, 0) is 17.7 Å². The predicted octanol–water partition coefficient (Wildman–Crippen LogP) is 2.67. The Morgan fingerprint density at radius 2 is 2.30 bits per heavy atom. The third-order valence-corrected chi connectivity index (χ3v) is 4.51. The van der Waals surface area contributed by atoms with Gasteiger partial charge in [-0.25, -0.2) is 0 Å². The van der Waals surface area contributed by atoms with Gasteiger partial charge in [0.1, 0.15) is 6.10 Å². The molecular weight excluding hydrogens is 320 g/mol. The third kappa shape index (κ3) is 2.30. The lowest BCUT2D eigenvalue weighted by molar-refractivity contribution is 0.119. The van der Waals surface area contributed by atoms with E-state index in [0.29, 0.717) is 13.2 Å². The van der Waals surface area contributed by atoms with Crippen LogP contribution in [0.3, 0.4) is 0 Å². The van der Waals surface area contributed by atoms with Crippen LogP contribution in [0.1, 0.15) is 28.8 Å². The first kappa shape index (κ1) is 13.8. The van der Waals surface area contributed by atoms with Gasteiger partial charge in [-0.05, 0) is 33.5 Å². The van der Waals surface area contributed by atoms with Gasteiger partial charge in [0, 0.05) is 13.0 Å². The first-order valence-electron chi connectivity index (χ1n) is 6.68. The molecule has 0 saturated heterocycles. The van der Waals surface area contributed by atoms with Crippen LogP contribution < -0.4 is 0 Å². The first-order valence-corrected chi connectivity index (χ1v) is 7.47. The highest BCUT2D eigenvalue weighted by molar-refractivity contribution is 9.10. The number of aliphatic hydroxyl groups excluding tert-OH is 1. The number of aromatic nitrogens is 2. The van der Waals surface area contributed by atoms with Crippen LogP contribution in [0.5, 0.6) is 0 Å². The molecule has 1 heterocycles. The molecule has 0 radical (unpaired) electrons. The molecule has 4 nitrogen and oxygen atoms in total. The van der Waals surface area contributed by atoms with E-state index in [2.05, 4.69) is 33.2 Å². The molecule has 1 aromatic carbocycles. The molecule has 106 valence electrons. The molecule has 5 heteroatoms. The van der Waals surface area contributed by atoms with E-state index in [0.717, 1.165) is 16.6 Å². The fourth-order valence-corrected chi connectivity index (χ4v) is 3.32. The Balaban J connectivity index is 1.85. The smallest absolute Gasteiger partial charge is 0.104 e. The number of fused-ring (bicyclic) bond motifs is 1. The molecule has 1 N–H and O–H groups in total. The Morgan fingerprint density at radius 3 is 3.05 bits per heavy atom. The predicted molar refractivity (Wildman–Crippen MR) is 79.6 cm³/mol. The van der Waals surface area contributed by atoms with E-state index in [9.17, 15) is 5.11 Å². The number of methoxy groups -OCH3 is 1. The molecule has 2 atom stereocenters. The van der Waals surface area contributed by atoms with Crippen molar-refractivity contribution in [3.63, 3.8) is 0 Å². The van der Waals surface area contributed by atoms with Crippen molar-refractivity contribution in [2.75, 3.05) is 13.7 Å². The Bertz CT molecular complexity index is 612. The Hall–Kier alpha value is -1.17. The summed E-state index contributed by atoms with van der Waals surface area (Å²) in [7, 11) is 1.66. The lowest BCUT2D eigenvalue weighted by Crippen LogP contribution is -2.26. The molecule has 0 spiro atoms. The molecule has 3 rings (SSSR count). The highest BCUT2D eigenvalue weighted by Gasteiger charge is 2.35. The van der Waals surface area contributed by atoms with Crippen molar-refractivity contribution in [1.82, 2.24) is 9.78 Å².